The first-order chi connectivity index (χ1) is 9.78. The van der Waals surface area contributed by atoms with Crippen LogP contribution in [-0.2, 0) is 6.42 Å². The highest BCUT2D eigenvalue weighted by Gasteiger charge is 2.12. The van der Waals surface area contributed by atoms with Crippen LogP contribution in [0.2, 0.25) is 0 Å². The second kappa shape index (κ2) is 5.27. The number of hydrogen-bond donors (Lipinski definition) is 2. The molecule has 0 radical (unpaired) electrons. The van der Waals surface area contributed by atoms with Crippen molar-refractivity contribution in [2.24, 2.45) is 5.73 Å². The fourth-order valence-electron chi connectivity index (χ4n) is 2.23. The number of hydrogen-bond acceptors (Lipinski definition) is 4. The Kier molecular flexibility index (Phi) is 3.31. The summed E-state index contributed by atoms with van der Waals surface area (Å²) in [6.45, 7) is 0.525. The van der Waals surface area contributed by atoms with Gasteiger partial charge in [-0.1, -0.05) is 0 Å². The number of nitrogens with two attached hydrogens (primary N) is 1. The van der Waals surface area contributed by atoms with Gasteiger partial charge in [-0.25, -0.2) is 0 Å². The van der Waals surface area contributed by atoms with Crippen LogP contribution < -0.4 is 5.73 Å². The maximum Gasteiger partial charge on any atom is 0.135 e. The van der Waals surface area contributed by atoms with Crippen molar-refractivity contribution >= 4 is 23.1 Å². The number of furan rings is 2. The van der Waals surface area contributed by atoms with E-state index in [2.05, 4.69) is 0 Å². The van der Waals surface area contributed by atoms with Gasteiger partial charge >= 0.3 is 0 Å². The van der Waals surface area contributed by atoms with Gasteiger partial charge in [0.25, 0.3) is 0 Å². The van der Waals surface area contributed by atoms with Gasteiger partial charge in [0.05, 0.1) is 12.5 Å². The molecule has 1 aromatic carbocycles. The molecule has 3 aromatic rings. The zero-order valence-electron chi connectivity index (χ0n) is 10.9. The van der Waals surface area contributed by atoms with Crippen LogP contribution in [0.3, 0.4) is 0 Å². The van der Waals surface area contributed by atoms with Crippen molar-refractivity contribution in [3.8, 4) is 5.75 Å². The average Bonchev–Trinajstić information content (AvgIpc) is 3.06. The molecule has 0 spiro atoms. The van der Waals surface area contributed by atoms with Crippen LogP contribution in [0.4, 0.5) is 0 Å². The molecule has 2 aromatic heterocycles. The normalized spacial score (nSPS) is 11.7. The van der Waals surface area contributed by atoms with Crippen LogP contribution in [0.5, 0.6) is 5.75 Å². The molecule has 0 amide bonds. The lowest BCUT2D eigenvalue weighted by Gasteiger charge is -1.97. The smallest absolute Gasteiger partial charge is 0.135 e. The lowest BCUT2D eigenvalue weighted by atomic mass is 10.1. The Balaban J connectivity index is 2.07. The summed E-state index contributed by atoms with van der Waals surface area (Å²) in [5.74, 6) is 0.985. The second-order valence-corrected chi connectivity index (χ2v) is 4.55. The van der Waals surface area contributed by atoms with Crippen molar-refractivity contribution < 1.29 is 13.9 Å². The summed E-state index contributed by atoms with van der Waals surface area (Å²) in [7, 11) is 0. The van der Waals surface area contributed by atoms with Gasteiger partial charge in [0.1, 0.15) is 17.1 Å². The molecule has 0 fully saturated rings. The van der Waals surface area contributed by atoms with E-state index < -0.39 is 0 Å². The van der Waals surface area contributed by atoms with E-state index in [0.29, 0.717) is 13.0 Å². The summed E-state index contributed by atoms with van der Waals surface area (Å²) < 4.78 is 10.8. The zero-order chi connectivity index (χ0) is 13.9. The van der Waals surface area contributed by atoms with Gasteiger partial charge < -0.3 is 19.7 Å². The van der Waals surface area contributed by atoms with Crippen LogP contribution >= 0.6 is 0 Å². The van der Waals surface area contributed by atoms with Gasteiger partial charge in [-0.15, -0.1) is 0 Å². The highest BCUT2D eigenvalue weighted by Crippen LogP contribution is 2.30. The van der Waals surface area contributed by atoms with Gasteiger partial charge in [-0.2, -0.15) is 0 Å². The van der Waals surface area contributed by atoms with Crippen molar-refractivity contribution in [1.82, 2.24) is 0 Å². The molecule has 0 atom stereocenters. The van der Waals surface area contributed by atoms with Gasteiger partial charge in [0.15, 0.2) is 0 Å². The Bertz CT molecular complexity index is 739. The summed E-state index contributed by atoms with van der Waals surface area (Å²) in [5.41, 5.74) is 8.39. The van der Waals surface area contributed by atoms with E-state index in [4.69, 9.17) is 14.6 Å². The minimum absolute atomic E-state index is 0.224. The average molecular weight is 269 g/mol. The summed E-state index contributed by atoms with van der Waals surface area (Å²) in [4.78, 5) is 0. The highest BCUT2D eigenvalue weighted by atomic mass is 16.3. The molecule has 3 rings (SSSR count). The monoisotopic (exact) mass is 269 g/mol. The Morgan fingerprint density at radius 2 is 2.10 bits per heavy atom. The van der Waals surface area contributed by atoms with E-state index in [1.165, 1.54) is 0 Å². The molecule has 0 saturated carbocycles. The molecule has 0 saturated heterocycles. The lowest BCUT2D eigenvalue weighted by molar-refractivity contribution is 0.476. The molecule has 0 aliphatic heterocycles. The van der Waals surface area contributed by atoms with E-state index in [1.807, 2.05) is 18.2 Å². The molecular weight excluding hydrogens is 254 g/mol. The van der Waals surface area contributed by atoms with Gasteiger partial charge in [-0.3, -0.25) is 0 Å². The fourth-order valence-corrected chi connectivity index (χ4v) is 2.23. The SMILES string of the molecule is NCCc1c(/C=C/c2ccoc2)oc2ccc(O)cc12. The maximum atomic E-state index is 9.61. The third-order valence-corrected chi connectivity index (χ3v) is 3.17. The predicted octanol–water partition coefficient (Wildman–Crippen LogP) is 3.40. The van der Waals surface area contributed by atoms with Crippen LogP contribution in [0.15, 0.2) is 45.6 Å². The first kappa shape index (κ1) is 12.6. The third kappa shape index (κ3) is 2.33. The van der Waals surface area contributed by atoms with Gasteiger partial charge in [0, 0.05) is 16.5 Å². The topological polar surface area (TPSA) is 72.5 Å². The zero-order valence-corrected chi connectivity index (χ0v) is 10.9. The first-order valence-corrected chi connectivity index (χ1v) is 6.42. The molecule has 4 nitrogen and oxygen atoms in total. The van der Waals surface area contributed by atoms with E-state index >= 15 is 0 Å². The van der Waals surface area contributed by atoms with Crippen LogP contribution in [0.1, 0.15) is 16.9 Å². The third-order valence-electron chi connectivity index (χ3n) is 3.17. The molecule has 102 valence electrons. The van der Waals surface area contributed by atoms with Gasteiger partial charge in [0.2, 0.25) is 0 Å². The minimum atomic E-state index is 0.224. The summed E-state index contributed by atoms with van der Waals surface area (Å²) in [6, 6.07) is 6.95. The van der Waals surface area contributed by atoms with Crippen molar-refractivity contribution in [2.45, 2.75) is 6.42 Å². The van der Waals surface area contributed by atoms with Crippen molar-refractivity contribution in [1.29, 1.82) is 0 Å². The largest absolute Gasteiger partial charge is 0.508 e. The molecule has 0 aliphatic rings. The molecule has 0 unspecified atom stereocenters. The maximum absolute atomic E-state index is 9.61. The molecular formula is C16H15NO3. The molecule has 0 aliphatic carbocycles. The summed E-state index contributed by atoms with van der Waals surface area (Å²) in [6.07, 6.45) is 7.79. The van der Waals surface area contributed by atoms with E-state index in [9.17, 15) is 5.11 Å². The Morgan fingerprint density at radius 3 is 2.85 bits per heavy atom. The van der Waals surface area contributed by atoms with E-state index in [-0.39, 0.29) is 5.75 Å². The van der Waals surface area contributed by atoms with Crippen molar-refractivity contribution in [3.05, 3.63) is 53.7 Å². The first-order valence-electron chi connectivity index (χ1n) is 6.42. The number of phenols is 1. The minimum Gasteiger partial charge on any atom is -0.508 e. The van der Waals surface area contributed by atoms with Crippen molar-refractivity contribution in [2.75, 3.05) is 6.54 Å². The Morgan fingerprint density at radius 1 is 1.20 bits per heavy atom. The Hall–Kier alpha value is -2.46. The van der Waals surface area contributed by atoms with Crippen LogP contribution in [0.25, 0.3) is 23.1 Å². The number of fused-ring (bicyclic) bond motifs is 1. The summed E-state index contributed by atoms with van der Waals surface area (Å²) in [5, 5.41) is 10.5. The van der Waals surface area contributed by atoms with Crippen LogP contribution in [-0.4, -0.2) is 11.7 Å². The van der Waals surface area contributed by atoms with Gasteiger partial charge in [-0.05, 0) is 49.4 Å². The van der Waals surface area contributed by atoms with E-state index in [0.717, 1.165) is 27.9 Å². The molecule has 4 heteroatoms. The highest BCUT2D eigenvalue weighted by molar-refractivity contribution is 5.87. The van der Waals surface area contributed by atoms with Crippen molar-refractivity contribution in [3.63, 3.8) is 0 Å². The number of aromatic hydroxyl groups is 1. The predicted molar refractivity (Wildman–Crippen MR) is 78.3 cm³/mol. The molecule has 0 bridgehead atoms. The molecule has 3 N–H and O–H groups in total. The standard InChI is InChI=1S/C16H15NO3/c17-7-5-13-14-9-12(18)2-4-16(14)20-15(13)3-1-11-6-8-19-10-11/h1-4,6,8-10,18H,5,7,17H2/b3-1+. The fraction of sp³-hybridized carbons (Fsp3) is 0.125. The number of phenolic OH excluding ortho intramolecular Hbond substituents is 1. The molecule has 2 heterocycles. The quantitative estimate of drug-likeness (QED) is 0.761. The molecule has 20 heavy (non-hydrogen) atoms. The number of rotatable bonds is 4. The number of benzene rings is 1. The summed E-state index contributed by atoms with van der Waals surface area (Å²) >= 11 is 0. The lowest BCUT2D eigenvalue weighted by Crippen LogP contribution is -2.03. The Labute approximate surface area is 116 Å². The second-order valence-electron chi connectivity index (χ2n) is 4.55. The van der Waals surface area contributed by atoms with Crippen LogP contribution in [0, 0.1) is 0 Å². The van der Waals surface area contributed by atoms with E-state index in [1.54, 1.807) is 30.7 Å².